The second-order valence-corrected chi connectivity index (χ2v) is 4.96. The second-order valence-electron chi connectivity index (χ2n) is 4.96. The molecule has 0 spiro atoms. The van der Waals surface area contributed by atoms with Gasteiger partial charge in [0.1, 0.15) is 11.4 Å². The van der Waals surface area contributed by atoms with Gasteiger partial charge in [0.05, 0.1) is 12.7 Å². The highest BCUT2D eigenvalue weighted by Crippen LogP contribution is 2.26. The first-order valence-electron chi connectivity index (χ1n) is 7.20. The van der Waals surface area contributed by atoms with E-state index in [2.05, 4.69) is 0 Å². The topological polar surface area (TPSA) is 76.0 Å². The lowest BCUT2D eigenvalue weighted by Crippen LogP contribution is -2.34. The fourth-order valence-corrected chi connectivity index (χ4v) is 2.27. The van der Waals surface area contributed by atoms with Crippen molar-refractivity contribution in [3.8, 4) is 5.75 Å². The van der Waals surface area contributed by atoms with Crippen LogP contribution in [-0.2, 0) is 4.74 Å². The molecule has 1 aromatic carbocycles. The largest absolute Gasteiger partial charge is 0.497 e. The van der Waals surface area contributed by atoms with Crippen molar-refractivity contribution in [2.24, 2.45) is 0 Å². The second kappa shape index (κ2) is 7.47. The Labute approximate surface area is 126 Å². The monoisotopic (exact) mass is 294 g/mol. The van der Waals surface area contributed by atoms with E-state index in [1.165, 1.54) is 25.3 Å². The molecule has 0 aliphatic heterocycles. The Hall–Kier alpha value is -1.53. The third-order valence-corrected chi connectivity index (χ3v) is 3.99. The summed E-state index contributed by atoms with van der Waals surface area (Å²) in [6.45, 7) is 5.98. The van der Waals surface area contributed by atoms with Crippen LogP contribution in [0.25, 0.3) is 0 Å². The van der Waals surface area contributed by atoms with Crippen LogP contribution >= 0.6 is 0 Å². The fraction of sp³-hybridized carbons (Fsp3) is 0.533. The number of rotatable bonds is 7. The molecule has 116 valence electrons. The molecule has 0 bridgehead atoms. The average molecular weight is 294 g/mol. The molecule has 0 aromatic heterocycles. The van der Waals surface area contributed by atoms with E-state index in [0.717, 1.165) is 19.3 Å². The van der Waals surface area contributed by atoms with Crippen LogP contribution in [0.15, 0.2) is 18.2 Å². The lowest BCUT2D eigenvalue weighted by atomic mass is 9.79. The molecule has 21 heavy (non-hydrogen) atoms. The zero-order valence-electron chi connectivity index (χ0n) is 13.0. The minimum Gasteiger partial charge on any atom is -0.497 e. The summed E-state index contributed by atoms with van der Waals surface area (Å²) in [4.78, 5) is 12.3. The summed E-state index contributed by atoms with van der Waals surface area (Å²) >= 11 is 0. The molecule has 0 atom stereocenters. The Morgan fingerprint density at radius 2 is 1.76 bits per heavy atom. The molecule has 6 heteroatoms. The van der Waals surface area contributed by atoms with E-state index in [1.807, 2.05) is 20.8 Å². The Morgan fingerprint density at radius 1 is 1.19 bits per heavy atom. The minimum absolute atomic E-state index is 0.210. The fourth-order valence-electron chi connectivity index (χ4n) is 2.27. The normalized spacial score (nSPS) is 11.1. The number of methoxy groups -OCH3 is 1. The zero-order valence-corrected chi connectivity index (χ0v) is 13.0. The van der Waals surface area contributed by atoms with Crippen LogP contribution in [0.4, 0.5) is 0 Å². The molecular formula is C15H23BO5. The standard InChI is InChI=1S/C15H23BO5/c1-5-15(6-2,7-3)21-14(17)11-8-9-12(16(18)19)13(10-11)20-4/h8-10,18-19H,5-7H2,1-4H3. The van der Waals surface area contributed by atoms with Gasteiger partial charge >= 0.3 is 13.1 Å². The van der Waals surface area contributed by atoms with Gasteiger partial charge in [0.2, 0.25) is 0 Å². The van der Waals surface area contributed by atoms with Crippen molar-refractivity contribution in [1.29, 1.82) is 0 Å². The van der Waals surface area contributed by atoms with Gasteiger partial charge in [-0.05, 0) is 31.4 Å². The summed E-state index contributed by atoms with van der Waals surface area (Å²) in [5.74, 6) is -0.188. The molecule has 0 saturated carbocycles. The zero-order chi connectivity index (χ0) is 16.0. The maximum absolute atomic E-state index is 12.3. The summed E-state index contributed by atoms with van der Waals surface area (Å²) in [5, 5.41) is 18.5. The predicted octanol–water partition coefficient (Wildman–Crippen LogP) is 1.50. The van der Waals surface area contributed by atoms with E-state index in [-0.39, 0.29) is 11.2 Å². The smallest absolute Gasteiger partial charge is 0.492 e. The van der Waals surface area contributed by atoms with E-state index in [1.54, 1.807) is 0 Å². The van der Waals surface area contributed by atoms with Crippen LogP contribution in [0, 0.1) is 0 Å². The van der Waals surface area contributed by atoms with Crippen LogP contribution in [0.5, 0.6) is 5.75 Å². The number of carbonyl (C=O) groups excluding carboxylic acids is 1. The summed E-state index contributed by atoms with van der Waals surface area (Å²) in [5.41, 5.74) is 0.0807. The molecule has 0 heterocycles. The van der Waals surface area contributed by atoms with Crippen LogP contribution in [0.2, 0.25) is 0 Å². The maximum Gasteiger partial charge on any atom is 0.492 e. The van der Waals surface area contributed by atoms with Gasteiger partial charge in [-0.1, -0.05) is 26.8 Å². The molecule has 0 radical (unpaired) electrons. The first kappa shape index (κ1) is 17.5. The van der Waals surface area contributed by atoms with E-state index in [0.29, 0.717) is 5.56 Å². The van der Waals surface area contributed by atoms with Gasteiger partial charge in [0.25, 0.3) is 0 Å². The molecule has 0 aliphatic rings. The van der Waals surface area contributed by atoms with E-state index in [9.17, 15) is 14.8 Å². The van der Waals surface area contributed by atoms with Crippen LogP contribution in [0.1, 0.15) is 50.4 Å². The molecule has 0 saturated heterocycles. The predicted molar refractivity (Wildman–Crippen MR) is 81.8 cm³/mol. The Balaban J connectivity index is 3.03. The Bertz CT molecular complexity index is 475. The van der Waals surface area contributed by atoms with Crippen molar-refractivity contribution in [2.75, 3.05) is 7.11 Å². The first-order chi connectivity index (χ1) is 9.92. The minimum atomic E-state index is -1.65. The molecule has 0 aliphatic carbocycles. The number of esters is 1. The lowest BCUT2D eigenvalue weighted by Gasteiger charge is -2.30. The Morgan fingerprint density at radius 3 is 2.19 bits per heavy atom. The Kier molecular flexibility index (Phi) is 6.24. The molecule has 0 unspecified atom stereocenters. The highest BCUT2D eigenvalue weighted by Gasteiger charge is 2.29. The van der Waals surface area contributed by atoms with Gasteiger partial charge in [0.15, 0.2) is 0 Å². The van der Waals surface area contributed by atoms with Gasteiger partial charge in [-0.3, -0.25) is 0 Å². The molecule has 5 nitrogen and oxygen atoms in total. The van der Waals surface area contributed by atoms with Gasteiger partial charge in [0, 0.05) is 5.46 Å². The van der Waals surface area contributed by atoms with Crippen LogP contribution in [0.3, 0.4) is 0 Å². The number of ether oxygens (including phenoxy) is 2. The molecular weight excluding hydrogens is 271 g/mol. The van der Waals surface area contributed by atoms with E-state index < -0.39 is 18.7 Å². The molecule has 1 rings (SSSR count). The third kappa shape index (κ3) is 3.98. The first-order valence-corrected chi connectivity index (χ1v) is 7.20. The van der Waals surface area contributed by atoms with Crippen molar-refractivity contribution in [3.05, 3.63) is 23.8 Å². The number of benzene rings is 1. The number of hydrogen-bond acceptors (Lipinski definition) is 5. The number of carbonyl (C=O) groups is 1. The highest BCUT2D eigenvalue weighted by molar-refractivity contribution is 6.59. The maximum atomic E-state index is 12.3. The van der Waals surface area contributed by atoms with Gasteiger partial charge < -0.3 is 19.5 Å². The van der Waals surface area contributed by atoms with Crippen molar-refractivity contribution in [3.63, 3.8) is 0 Å². The lowest BCUT2D eigenvalue weighted by molar-refractivity contribution is -0.0249. The van der Waals surface area contributed by atoms with E-state index in [4.69, 9.17) is 9.47 Å². The summed E-state index contributed by atoms with van der Waals surface area (Å²) < 4.78 is 10.7. The van der Waals surface area contributed by atoms with Crippen LogP contribution in [-0.4, -0.2) is 35.8 Å². The summed E-state index contributed by atoms with van der Waals surface area (Å²) in [6.07, 6.45) is 2.24. The molecule has 2 N–H and O–H groups in total. The van der Waals surface area contributed by atoms with Gasteiger partial charge in [-0.2, -0.15) is 0 Å². The van der Waals surface area contributed by atoms with Crippen molar-refractivity contribution in [1.82, 2.24) is 0 Å². The number of hydrogen-bond donors (Lipinski definition) is 2. The van der Waals surface area contributed by atoms with Gasteiger partial charge in [-0.25, -0.2) is 4.79 Å². The van der Waals surface area contributed by atoms with E-state index >= 15 is 0 Å². The summed E-state index contributed by atoms with van der Waals surface area (Å²) in [7, 11) is -0.240. The van der Waals surface area contributed by atoms with Gasteiger partial charge in [-0.15, -0.1) is 0 Å². The molecule has 1 aromatic rings. The quantitative estimate of drug-likeness (QED) is 0.589. The molecule has 0 amide bonds. The van der Waals surface area contributed by atoms with Crippen LogP contribution < -0.4 is 10.2 Å². The summed E-state index contributed by atoms with van der Waals surface area (Å²) in [6, 6.07) is 4.42. The SMILES string of the molecule is CCC(CC)(CC)OC(=O)c1ccc(B(O)O)c(OC)c1. The molecule has 0 fully saturated rings. The van der Waals surface area contributed by atoms with Crippen molar-refractivity contribution < 1.29 is 24.3 Å². The third-order valence-electron chi connectivity index (χ3n) is 3.99. The average Bonchev–Trinajstić information content (AvgIpc) is 2.51. The van der Waals surface area contributed by atoms with Crippen molar-refractivity contribution >= 4 is 18.6 Å². The highest BCUT2D eigenvalue weighted by atomic mass is 16.6. The van der Waals surface area contributed by atoms with Crippen molar-refractivity contribution in [2.45, 2.75) is 45.6 Å².